The molecule has 0 amide bonds. The van der Waals surface area contributed by atoms with E-state index in [2.05, 4.69) is 15.3 Å². The van der Waals surface area contributed by atoms with Gasteiger partial charge in [0.1, 0.15) is 10.7 Å². The van der Waals surface area contributed by atoms with Crippen molar-refractivity contribution >= 4 is 17.1 Å². The molecule has 1 aromatic carbocycles. The summed E-state index contributed by atoms with van der Waals surface area (Å²) in [6.45, 7) is 1.92. The van der Waals surface area contributed by atoms with E-state index in [1.165, 1.54) is 17.5 Å². The van der Waals surface area contributed by atoms with Crippen LogP contribution in [0.2, 0.25) is 0 Å². The number of aromatic nitrogens is 4. The first-order valence-corrected chi connectivity index (χ1v) is 7.02. The van der Waals surface area contributed by atoms with Crippen LogP contribution >= 0.6 is 11.3 Å². The number of thiazole rings is 1. The van der Waals surface area contributed by atoms with Crippen LogP contribution in [-0.2, 0) is 6.42 Å². The fourth-order valence-corrected chi connectivity index (χ4v) is 2.67. The van der Waals surface area contributed by atoms with Crippen molar-refractivity contribution in [3.05, 3.63) is 58.3 Å². The Balaban J connectivity index is 1.88. The fraction of sp³-hybridized carbons (Fsp3) is 0.143. The first kappa shape index (κ1) is 12.7. The Morgan fingerprint density at radius 3 is 2.80 bits per heavy atom. The topological polar surface area (TPSA) is 60.7 Å². The summed E-state index contributed by atoms with van der Waals surface area (Å²) in [6.07, 6.45) is 1.77. The average Bonchev–Trinajstić information content (AvgIpc) is 3.09. The molecule has 0 atom stereocenters. The van der Waals surface area contributed by atoms with Gasteiger partial charge in [-0.15, -0.1) is 16.4 Å². The van der Waals surface area contributed by atoms with Gasteiger partial charge in [0.15, 0.2) is 5.78 Å². The maximum absolute atomic E-state index is 12.3. The van der Waals surface area contributed by atoms with E-state index in [1.807, 2.05) is 42.6 Å². The van der Waals surface area contributed by atoms with E-state index in [-0.39, 0.29) is 12.2 Å². The average molecular weight is 284 g/mol. The maximum atomic E-state index is 12.3. The molecule has 5 nitrogen and oxygen atoms in total. The highest BCUT2D eigenvalue weighted by Crippen LogP contribution is 2.14. The van der Waals surface area contributed by atoms with Gasteiger partial charge in [-0.2, -0.15) is 0 Å². The van der Waals surface area contributed by atoms with Gasteiger partial charge in [0, 0.05) is 11.1 Å². The molecule has 0 radical (unpaired) electrons. The van der Waals surface area contributed by atoms with Crippen molar-refractivity contribution in [3.63, 3.8) is 0 Å². The summed E-state index contributed by atoms with van der Waals surface area (Å²) < 4.78 is 1.56. The Hall–Kier alpha value is -2.34. The molecule has 0 saturated heterocycles. The Kier molecular flexibility index (Phi) is 3.39. The smallest absolute Gasteiger partial charge is 0.189 e. The molecule has 0 bridgehead atoms. The first-order valence-electron chi connectivity index (χ1n) is 6.14. The molecule has 0 aliphatic carbocycles. The zero-order valence-electron chi connectivity index (χ0n) is 10.9. The lowest BCUT2D eigenvalue weighted by molar-refractivity contribution is 0.0985. The van der Waals surface area contributed by atoms with Gasteiger partial charge in [-0.3, -0.25) is 4.79 Å². The number of hydrogen-bond acceptors (Lipinski definition) is 5. The third-order valence-corrected chi connectivity index (χ3v) is 3.78. The third kappa shape index (κ3) is 2.50. The predicted octanol–water partition coefficient (Wildman–Crippen LogP) is 2.46. The highest BCUT2D eigenvalue weighted by atomic mass is 32.1. The molecule has 2 heterocycles. The normalized spacial score (nSPS) is 10.7. The maximum Gasteiger partial charge on any atom is 0.189 e. The van der Waals surface area contributed by atoms with E-state index in [9.17, 15) is 4.79 Å². The van der Waals surface area contributed by atoms with E-state index in [0.717, 1.165) is 16.4 Å². The van der Waals surface area contributed by atoms with Crippen molar-refractivity contribution in [2.24, 2.45) is 0 Å². The van der Waals surface area contributed by atoms with Gasteiger partial charge >= 0.3 is 0 Å². The number of Topliss-reactive ketones (excluding diaryl/α,β-unsaturated/α-hetero) is 1. The van der Waals surface area contributed by atoms with Crippen molar-refractivity contribution in [1.29, 1.82) is 0 Å². The van der Waals surface area contributed by atoms with Crippen molar-refractivity contribution in [2.75, 3.05) is 0 Å². The lowest BCUT2D eigenvalue weighted by Crippen LogP contribution is -2.11. The van der Waals surface area contributed by atoms with Crippen LogP contribution in [0.5, 0.6) is 0 Å². The van der Waals surface area contributed by atoms with Crippen molar-refractivity contribution < 1.29 is 4.79 Å². The van der Waals surface area contributed by atoms with Crippen LogP contribution in [0.3, 0.4) is 0 Å². The second kappa shape index (κ2) is 5.34. The van der Waals surface area contributed by atoms with E-state index < -0.39 is 0 Å². The van der Waals surface area contributed by atoms with E-state index in [0.29, 0.717) is 5.69 Å². The molecular weight excluding hydrogens is 272 g/mol. The van der Waals surface area contributed by atoms with Crippen LogP contribution in [0.25, 0.3) is 5.69 Å². The quantitative estimate of drug-likeness (QED) is 0.690. The molecule has 20 heavy (non-hydrogen) atoms. The summed E-state index contributed by atoms with van der Waals surface area (Å²) in [5, 5.41) is 10.6. The Morgan fingerprint density at radius 2 is 2.10 bits per heavy atom. The van der Waals surface area contributed by atoms with Crippen molar-refractivity contribution in [2.45, 2.75) is 13.3 Å². The molecule has 0 N–H and O–H groups in total. The fourth-order valence-electron chi connectivity index (χ4n) is 1.90. The number of aryl methyl sites for hydroxylation is 1. The van der Waals surface area contributed by atoms with Gasteiger partial charge in [0.05, 0.1) is 18.3 Å². The monoisotopic (exact) mass is 284 g/mol. The summed E-state index contributed by atoms with van der Waals surface area (Å²) in [6, 6.07) is 9.49. The summed E-state index contributed by atoms with van der Waals surface area (Å²) in [4.78, 5) is 16.7. The second-order valence-electron chi connectivity index (χ2n) is 4.35. The second-order valence-corrected chi connectivity index (χ2v) is 5.29. The third-order valence-electron chi connectivity index (χ3n) is 2.81. The summed E-state index contributed by atoms with van der Waals surface area (Å²) >= 11 is 1.49. The number of carbonyl (C=O) groups excluding carboxylic acids is 1. The highest BCUT2D eigenvalue weighted by molar-refractivity contribution is 7.09. The number of para-hydroxylation sites is 1. The Bertz CT molecular complexity index is 732. The van der Waals surface area contributed by atoms with Crippen LogP contribution in [0, 0.1) is 6.92 Å². The minimum atomic E-state index is -0.0341. The Labute approximate surface area is 119 Å². The molecule has 2 aromatic heterocycles. The van der Waals surface area contributed by atoms with Crippen LogP contribution < -0.4 is 0 Å². The molecule has 0 unspecified atom stereocenters. The minimum absolute atomic E-state index is 0.0341. The number of benzene rings is 1. The van der Waals surface area contributed by atoms with E-state index >= 15 is 0 Å². The molecule has 0 saturated carbocycles. The zero-order valence-corrected chi connectivity index (χ0v) is 11.7. The molecule has 0 aliphatic heterocycles. The molecule has 6 heteroatoms. The molecule has 3 rings (SSSR count). The number of carbonyl (C=O) groups is 1. The number of rotatable bonds is 4. The standard InChI is InChI=1S/C14H12N4OS/c1-10-9-20-14(16-10)7-13(19)12-8-15-17-18(12)11-5-3-2-4-6-11/h2-6,8-9H,7H2,1H3. The highest BCUT2D eigenvalue weighted by Gasteiger charge is 2.16. The molecular formula is C14H12N4OS. The molecule has 100 valence electrons. The Morgan fingerprint density at radius 1 is 1.30 bits per heavy atom. The summed E-state index contributed by atoms with van der Waals surface area (Å²) in [5.41, 5.74) is 2.24. The van der Waals surface area contributed by atoms with Crippen molar-refractivity contribution in [1.82, 2.24) is 20.0 Å². The van der Waals surface area contributed by atoms with Gasteiger partial charge < -0.3 is 0 Å². The molecule has 3 aromatic rings. The summed E-state index contributed by atoms with van der Waals surface area (Å²) in [7, 11) is 0. The molecule has 0 spiro atoms. The van der Waals surface area contributed by atoms with Crippen LogP contribution in [0.4, 0.5) is 0 Å². The van der Waals surface area contributed by atoms with Crippen molar-refractivity contribution in [3.8, 4) is 5.69 Å². The van der Waals surface area contributed by atoms with E-state index in [4.69, 9.17) is 0 Å². The van der Waals surface area contributed by atoms with Gasteiger partial charge in [0.2, 0.25) is 0 Å². The minimum Gasteiger partial charge on any atom is -0.292 e. The largest absolute Gasteiger partial charge is 0.292 e. The molecule has 0 aliphatic rings. The van der Waals surface area contributed by atoms with Gasteiger partial charge in [0.25, 0.3) is 0 Å². The van der Waals surface area contributed by atoms with Gasteiger partial charge in [-0.25, -0.2) is 9.67 Å². The number of nitrogens with zero attached hydrogens (tertiary/aromatic N) is 4. The predicted molar refractivity (Wildman–Crippen MR) is 76.2 cm³/mol. The lowest BCUT2D eigenvalue weighted by atomic mass is 10.2. The lowest BCUT2D eigenvalue weighted by Gasteiger charge is -2.04. The van der Waals surface area contributed by atoms with Crippen LogP contribution in [0.15, 0.2) is 41.9 Å². The first-order chi connectivity index (χ1) is 9.74. The van der Waals surface area contributed by atoms with E-state index in [1.54, 1.807) is 4.68 Å². The molecule has 0 fully saturated rings. The van der Waals surface area contributed by atoms with Gasteiger partial charge in [-0.1, -0.05) is 23.4 Å². The SMILES string of the molecule is Cc1csc(CC(=O)c2cnnn2-c2ccccc2)n1. The number of ketones is 1. The summed E-state index contributed by atoms with van der Waals surface area (Å²) in [5.74, 6) is -0.0341. The van der Waals surface area contributed by atoms with Crippen LogP contribution in [0.1, 0.15) is 21.2 Å². The number of hydrogen-bond donors (Lipinski definition) is 0. The zero-order chi connectivity index (χ0) is 13.9. The van der Waals surface area contributed by atoms with Gasteiger partial charge in [-0.05, 0) is 19.1 Å². The van der Waals surface area contributed by atoms with Crippen LogP contribution in [-0.4, -0.2) is 25.8 Å².